The van der Waals surface area contributed by atoms with Crippen molar-refractivity contribution in [2.75, 3.05) is 28.2 Å². The Morgan fingerprint density at radius 3 is 1.31 bits per heavy atom. The molecule has 0 spiro atoms. The lowest BCUT2D eigenvalue weighted by atomic mass is 10.1. The minimum absolute atomic E-state index is 0.261. The van der Waals surface area contributed by atoms with E-state index in [-0.39, 0.29) is 8.22 Å². The first-order valence-corrected chi connectivity index (χ1v) is 7.09. The van der Waals surface area contributed by atoms with E-state index in [9.17, 15) is 0 Å². The van der Waals surface area contributed by atoms with Gasteiger partial charge in [0.2, 0.25) is 0 Å². The van der Waals surface area contributed by atoms with Crippen molar-refractivity contribution in [3.63, 3.8) is 0 Å². The molecule has 0 radical (unpaired) electrons. The van der Waals surface area contributed by atoms with Crippen LogP contribution in [0.5, 0.6) is 0 Å². The van der Waals surface area contributed by atoms with Crippen LogP contribution in [0.3, 0.4) is 0 Å². The van der Waals surface area contributed by atoms with Gasteiger partial charge in [-0.2, -0.15) is 0 Å². The molecule has 0 aromatic rings. The molecule has 1 rings (SSSR count). The predicted octanol–water partition coefficient (Wildman–Crippen LogP) is 3.48. The Kier molecular flexibility index (Phi) is 4.34. The molecule has 0 aromatic carbocycles. The standard InChI is InChI=1S/C13H25N2P/c1-9-10(2)12(4)13(11(9)3)16(14(5)6)15(7)8/h13H,1-8H3. The highest BCUT2D eigenvalue weighted by atomic mass is 31.1. The predicted molar refractivity (Wildman–Crippen MR) is 74.8 cm³/mol. The van der Waals surface area contributed by atoms with Crippen LogP contribution in [0.4, 0.5) is 0 Å². The normalized spacial score (nSPS) is 18.9. The molecule has 0 atom stereocenters. The zero-order valence-electron chi connectivity index (χ0n) is 11.9. The summed E-state index contributed by atoms with van der Waals surface area (Å²) in [7, 11) is 8.50. The van der Waals surface area contributed by atoms with Crippen molar-refractivity contribution in [3.05, 3.63) is 22.3 Å². The summed E-state index contributed by atoms with van der Waals surface area (Å²) in [5.41, 5.74) is 6.73. The molecule has 1 aliphatic rings. The van der Waals surface area contributed by atoms with E-state index >= 15 is 0 Å². The molecular weight excluding hydrogens is 215 g/mol. The summed E-state index contributed by atoms with van der Waals surface area (Å²) < 4.78 is 4.75. The Morgan fingerprint density at radius 1 is 0.750 bits per heavy atom. The maximum atomic E-state index is 2.37. The topological polar surface area (TPSA) is 6.48 Å². The van der Waals surface area contributed by atoms with Crippen LogP contribution < -0.4 is 0 Å². The van der Waals surface area contributed by atoms with Crippen molar-refractivity contribution in [1.29, 1.82) is 0 Å². The summed E-state index contributed by atoms with van der Waals surface area (Å²) in [6.07, 6.45) is 0. The van der Waals surface area contributed by atoms with Crippen LogP contribution in [0.25, 0.3) is 0 Å². The molecule has 0 saturated heterocycles. The van der Waals surface area contributed by atoms with Crippen LogP contribution >= 0.6 is 8.22 Å². The van der Waals surface area contributed by atoms with Crippen molar-refractivity contribution in [2.24, 2.45) is 0 Å². The fourth-order valence-electron chi connectivity index (χ4n) is 2.49. The molecule has 0 fully saturated rings. The van der Waals surface area contributed by atoms with Gasteiger partial charge in [-0.25, -0.2) is 0 Å². The number of rotatable bonds is 3. The maximum absolute atomic E-state index is 2.37. The largest absolute Gasteiger partial charge is 0.275 e. The van der Waals surface area contributed by atoms with Crippen LogP contribution in [0, 0.1) is 0 Å². The molecule has 2 nitrogen and oxygen atoms in total. The molecule has 0 aliphatic heterocycles. The van der Waals surface area contributed by atoms with E-state index in [1.807, 2.05) is 0 Å². The van der Waals surface area contributed by atoms with E-state index in [4.69, 9.17) is 0 Å². The summed E-state index contributed by atoms with van der Waals surface area (Å²) in [5.74, 6) is 0. The van der Waals surface area contributed by atoms with E-state index in [1.54, 1.807) is 11.1 Å². The highest BCUT2D eigenvalue weighted by Gasteiger charge is 2.34. The monoisotopic (exact) mass is 240 g/mol. The van der Waals surface area contributed by atoms with Crippen molar-refractivity contribution in [1.82, 2.24) is 9.34 Å². The second-order valence-corrected chi connectivity index (χ2v) is 7.79. The average molecular weight is 240 g/mol. The SMILES string of the molecule is CC1=C(C)C(P(N(C)C)N(C)C)C(C)=C1C. The van der Waals surface area contributed by atoms with Crippen LogP contribution in [-0.2, 0) is 0 Å². The first kappa shape index (κ1) is 13.9. The highest BCUT2D eigenvalue weighted by molar-refractivity contribution is 7.54. The average Bonchev–Trinajstić information content (AvgIpc) is 2.34. The van der Waals surface area contributed by atoms with Gasteiger partial charge in [-0.1, -0.05) is 11.1 Å². The molecule has 0 amide bonds. The van der Waals surface area contributed by atoms with Crippen molar-refractivity contribution >= 4 is 8.22 Å². The van der Waals surface area contributed by atoms with Gasteiger partial charge in [0.15, 0.2) is 0 Å². The Labute approximate surface area is 102 Å². The van der Waals surface area contributed by atoms with Gasteiger partial charge in [-0.3, -0.25) is 9.34 Å². The van der Waals surface area contributed by atoms with E-state index in [0.29, 0.717) is 5.66 Å². The third-order valence-corrected chi connectivity index (χ3v) is 6.49. The van der Waals surface area contributed by atoms with E-state index in [0.717, 1.165) is 0 Å². The Bertz CT molecular complexity index is 308. The first-order chi connectivity index (χ1) is 7.29. The van der Waals surface area contributed by atoms with E-state index in [2.05, 4.69) is 65.2 Å². The maximum Gasteiger partial charge on any atom is 0.0502 e. The van der Waals surface area contributed by atoms with Gasteiger partial charge in [-0.05, 0) is 67.0 Å². The van der Waals surface area contributed by atoms with E-state index in [1.165, 1.54) is 11.1 Å². The summed E-state index contributed by atoms with van der Waals surface area (Å²) in [6, 6.07) is 0. The quantitative estimate of drug-likeness (QED) is 0.697. The Hall–Kier alpha value is -0.170. The molecule has 0 bridgehead atoms. The van der Waals surface area contributed by atoms with Gasteiger partial charge in [-0.15, -0.1) is 0 Å². The Morgan fingerprint density at radius 2 is 1.06 bits per heavy atom. The summed E-state index contributed by atoms with van der Waals surface area (Å²) in [5, 5.41) is 0. The second-order valence-electron chi connectivity index (χ2n) is 5.03. The lowest BCUT2D eigenvalue weighted by Gasteiger charge is -2.36. The molecule has 0 aromatic heterocycles. The second kappa shape index (κ2) is 5.00. The fourth-order valence-corrected chi connectivity index (χ4v) is 5.21. The van der Waals surface area contributed by atoms with Crippen molar-refractivity contribution in [2.45, 2.75) is 33.4 Å². The molecule has 0 saturated carbocycles. The lowest BCUT2D eigenvalue weighted by Crippen LogP contribution is -2.26. The minimum atomic E-state index is -0.261. The van der Waals surface area contributed by atoms with Gasteiger partial charge in [0, 0.05) is 5.66 Å². The molecule has 92 valence electrons. The van der Waals surface area contributed by atoms with Gasteiger partial charge in [0.1, 0.15) is 0 Å². The highest BCUT2D eigenvalue weighted by Crippen LogP contribution is 2.55. The van der Waals surface area contributed by atoms with Crippen LogP contribution in [0.1, 0.15) is 27.7 Å². The van der Waals surface area contributed by atoms with Gasteiger partial charge < -0.3 is 0 Å². The molecule has 0 N–H and O–H groups in total. The van der Waals surface area contributed by atoms with Gasteiger partial charge in [0.25, 0.3) is 0 Å². The molecule has 0 heterocycles. The number of hydrogen-bond donors (Lipinski definition) is 0. The number of allylic oxidation sites excluding steroid dienone is 4. The first-order valence-electron chi connectivity index (χ1n) is 5.77. The fraction of sp³-hybridized carbons (Fsp3) is 0.692. The molecule has 0 unspecified atom stereocenters. The minimum Gasteiger partial charge on any atom is -0.275 e. The van der Waals surface area contributed by atoms with Crippen molar-refractivity contribution in [3.8, 4) is 0 Å². The zero-order chi connectivity index (χ0) is 12.6. The molecule has 3 heteroatoms. The van der Waals surface area contributed by atoms with Crippen LogP contribution in [-0.4, -0.2) is 43.2 Å². The van der Waals surface area contributed by atoms with E-state index < -0.39 is 0 Å². The van der Waals surface area contributed by atoms with Crippen molar-refractivity contribution < 1.29 is 0 Å². The summed E-state index contributed by atoms with van der Waals surface area (Å²) >= 11 is 0. The van der Waals surface area contributed by atoms with Gasteiger partial charge >= 0.3 is 0 Å². The molecule has 1 aliphatic carbocycles. The number of hydrogen-bond acceptors (Lipinski definition) is 2. The third kappa shape index (κ3) is 2.25. The lowest BCUT2D eigenvalue weighted by molar-refractivity contribution is 0.567. The third-order valence-electron chi connectivity index (χ3n) is 3.62. The zero-order valence-corrected chi connectivity index (χ0v) is 12.8. The molecule has 16 heavy (non-hydrogen) atoms. The summed E-state index contributed by atoms with van der Waals surface area (Å²) in [6.45, 7) is 9.10. The smallest absolute Gasteiger partial charge is 0.0502 e. The Balaban J connectivity index is 3.14. The molecular formula is C13H25N2P. The number of nitrogens with zero attached hydrogens (tertiary/aromatic N) is 2. The van der Waals surface area contributed by atoms with Crippen LogP contribution in [0.15, 0.2) is 22.3 Å². The summed E-state index contributed by atoms with van der Waals surface area (Å²) in [4.78, 5) is 0. The van der Waals surface area contributed by atoms with Gasteiger partial charge in [0.05, 0.1) is 8.22 Å². The van der Waals surface area contributed by atoms with Crippen LogP contribution in [0.2, 0.25) is 0 Å².